The van der Waals surface area contributed by atoms with Crippen LogP contribution in [-0.4, -0.2) is 15.0 Å². The molecule has 1 aliphatic heterocycles. The van der Waals surface area contributed by atoms with Gasteiger partial charge in [-0.05, 0) is 18.1 Å². The molecule has 0 spiro atoms. The normalized spacial score (nSPS) is 20.2. The lowest BCUT2D eigenvalue weighted by Crippen LogP contribution is -2.22. The fraction of sp³-hybridized carbons (Fsp3) is 0.308. The largest absolute Gasteiger partial charge is 0.323 e. The molecule has 0 fully saturated rings. The molecule has 2 aromatic rings. The van der Waals surface area contributed by atoms with Crippen molar-refractivity contribution in [2.75, 3.05) is 0 Å². The topological polar surface area (TPSA) is 43.8 Å². The standard InChI is InChI=1S/C13H15N3S/c1-16-8-10(7-15-16)13(14)12-6-9-4-2-3-5-11(9)17-12/h2-5,7-8,12-13H,6,14H2,1H3. The summed E-state index contributed by atoms with van der Waals surface area (Å²) >= 11 is 1.89. The molecule has 2 unspecified atom stereocenters. The van der Waals surface area contributed by atoms with Crippen molar-refractivity contribution in [2.24, 2.45) is 12.8 Å². The van der Waals surface area contributed by atoms with Gasteiger partial charge in [0.05, 0.1) is 6.20 Å². The molecule has 0 amide bonds. The minimum absolute atomic E-state index is 0.0566. The number of nitrogens with zero attached hydrogens (tertiary/aromatic N) is 2. The van der Waals surface area contributed by atoms with E-state index < -0.39 is 0 Å². The van der Waals surface area contributed by atoms with Gasteiger partial charge in [0.25, 0.3) is 0 Å². The van der Waals surface area contributed by atoms with Gasteiger partial charge in [-0.25, -0.2) is 0 Å². The van der Waals surface area contributed by atoms with E-state index in [2.05, 4.69) is 29.4 Å². The fourth-order valence-corrected chi connectivity index (χ4v) is 3.59. The van der Waals surface area contributed by atoms with Crippen LogP contribution in [0.2, 0.25) is 0 Å². The van der Waals surface area contributed by atoms with Crippen LogP contribution in [0.25, 0.3) is 0 Å². The van der Waals surface area contributed by atoms with Crippen molar-refractivity contribution in [2.45, 2.75) is 22.6 Å². The van der Waals surface area contributed by atoms with Gasteiger partial charge in [0.15, 0.2) is 0 Å². The maximum atomic E-state index is 6.32. The first-order valence-corrected chi connectivity index (χ1v) is 6.60. The Morgan fingerprint density at radius 2 is 2.29 bits per heavy atom. The first-order valence-electron chi connectivity index (χ1n) is 5.73. The predicted molar refractivity (Wildman–Crippen MR) is 69.9 cm³/mol. The fourth-order valence-electron chi connectivity index (χ4n) is 2.24. The first kappa shape index (κ1) is 10.9. The molecule has 4 heteroatoms. The van der Waals surface area contributed by atoms with E-state index in [4.69, 9.17) is 5.73 Å². The third-order valence-corrected chi connectivity index (χ3v) is 4.60. The van der Waals surface area contributed by atoms with E-state index in [-0.39, 0.29) is 6.04 Å². The van der Waals surface area contributed by atoms with Gasteiger partial charge < -0.3 is 5.73 Å². The van der Waals surface area contributed by atoms with Crippen LogP contribution in [0.15, 0.2) is 41.6 Å². The van der Waals surface area contributed by atoms with Crippen molar-refractivity contribution in [3.05, 3.63) is 47.8 Å². The van der Waals surface area contributed by atoms with E-state index in [1.165, 1.54) is 10.5 Å². The van der Waals surface area contributed by atoms with Crippen LogP contribution in [-0.2, 0) is 13.5 Å². The van der Waals surface area contributed by atoms with Gasteiger partial charge in [0.1, 0.15) is 0 Å². The molecule has 17 heavy (non-hydrogen) atoms. The molecule has 88 valence electrons. The highest BCUT2D eigenvalue weighted by atomic mass is 32.2. The summed E-state index contributed by atoms with van der Waals surface area (Å²) in [6.45, 7) is 0. The number of hydrogen-bond donors (Lipinski definition) is 1. The molecule has 1 aromatic carbocycles. The lowest BCUT2D eigenvalue weighted by Gasteiger charge is -2.16. The summed E-state index contributed by atoms with van der Waals surface area (Å²) in [6, 6.07) is 8.61. The van der Waals surface area contributed by atoms with Gasteiger partial charge >= 0.3 is 0 Å². The van der Waals surface area contributed by atoms with E-state index in [0.29, 0.717) is 5.25 Å². The molecule has 3 rings (SSSR count). The van der Waals surface area contributed by atoms with Gasteiger partial charge in [-0.15, -0.1) is 11.8 Å². The van der Waals surface area contributed by atoms with Crippen LogP contribution in [0.1, 0.15) is 17.2 Å². The van der Waals surface area contributed by atoms with Crippen molar-refractivity contribution >= 4 is 11.8 Å². The quantitative estimate of drug-likeness (QED) is 0.881. The highest BCUT2D eigenvalue weighted by Crippen LogP contribution is 2.41. The van der Waals surface area contributed by atoms with Crippen LogP contribution >= 0.6 is 11.8 Å². The van der Waals surface area contributed by atoms with Gasteiger partial charge in [-0.2, -0.15) is 5.10 Å². The van der Waals surface area contributed by atoms with Crippen molar-refractivity contribution in [1.29, 1.82) is 0 Å². The van der Waals surface area contributed by atoms with Crippen LogP contribution in [0, 0.1) is 0 Å². The molecule has 2 atom stereocenters. The van der Waals surface area contributed by atoms with Gasteiger partial charge in [0, 0.05) is 35.0 Å². The zero-order valence-electron chi connectivity index (χ0n) is 9.71. The highest BCUT2D eigenvalue weighted by Gasteiger charge is 2.28. The molecule has 0 saturated carbocycles. The predicted octanol–water partition coefficient (Wildman–Crippen LogP) is 2.14. The van der Waals surface area contributed by atoms with Crippen molar-refractivity contribution in [3.8, 4) is 0 Å². The van der Waals surface area contributed by atoms with Gasteiger partial charge in [0.2, 0.25) is 0 Å². The molecular weight excluding hydrogens is 230 g/mol. The minimum atomic E-state index is 0.0566. The molecular formula is C13H15N3S. The third kappa shape index (κ3) is 1.98. The Morgan fingerprint density at radius 3 is 3.00 bits per heavy atom. The van der Waals surface area contributed by atoms with Crippen LogP contribution in [0.4, 0.5) is 0 Å². The summed E-state index contributed by atoms with van der Waals surface area (Å²) in [6.07, 6.45) is 4.93. The summed E-state index contributed by atoms with van der Waals surface area (Å²) in [5.74, 6) is 0. The molecule has 0 bridgehead atoms. The second-order valence-corrected chi connectivity index (χ2v) is 5.72. The lowest BCUT2D eigenvalue weighted by atomic mass is 10.0. The number of aryl methyl sites for hydroxylation is 1. The maximum Gasteiger partial charge on any atom is 0.0537 e. The number of nitrogens with two attached hydrogens (primary N) is 1. The average Bonchev–Trinajstić information content (AvgIpc) is 2.93. The second-order valence-electron chi connectivity index (χ2n) is 4.44. The Balaban J connectivity index is 1.80. The molecule has 2 heterocycles. The maximum absolute atomic E-state index is 6.32. The molecule has 1 aromatic heterocycles. The molecule has 0 radical (unpaired) electrons. The summed E-state index contributed by atoms with van der Waals surface area (Å²) in [7, 11) is 1.92. The van der Waals surface area contributed by atoms with Crippen LogP contribution in [0.5, 0.6) is 0 Å². The van der Waals surface area contributed by atoms with Crippen LogP contribution in [0.3, 0.4) is 0 Å². The molecule has 0 saturated heterocycles. The summed E-state index contributed by atoms with van der Waals surface area (Å²) in [5.41, 5.74) is 8.86. The zero-order chi connectivity index (χ0) is 11.8. The number of rotatable bonds is 2. The minimum Gasteiger partial charge on any atom is -0.323 e. The second kappa shape index (κ2) is 4.20. The lowest BCUT2D eigenvalue weighted by molar-refractivity contribution is 0.676. The Bertz CT molecular complexity index is 510. The van der Waals surface area contributed by atoms with Crippen molar-refractivity contribution < 1.29 is 0 Å². The van der Waals surface area contributed by atoms with Crippen molar-refractivity contribution in [3.63, 3.8) is 0 Å². The Hall–Kier alpha value is -1.26. The number of hydrogen-bond acceptors (Lipinski definition) is 3. The van der Waals surface area contributed by atoms with Crippen LogP contribution < -0.4 is 5.73 Å². The third-order valence-electron chi connectivity index (χ3n) is 3.18. The summed E-state index contributed by atoms with van der Waals surface area (Å²) < 4.78 is 1.81. The molecule has 0 aliphatic carbocycles. The smallest absolute Gasteiger partial charge is 0.0537 e. The van der Waals surface area contributed by atoms with E-state index in [1.54, 1.807) is 0 Å². The van der Waals surface area contributed by atoms with E-state index in [9.17, 15) is 0 Å². The Kier molecular flexibility index (Phi) is 2.68. The number of fused-ring (bicyclic) bond motifs is 1. The number of aromatic nitrogens is 2. The van der Waals surface area contributed by atoms with Crippen molar-refractivity contribution in [1.82, 2.24) is 9.78 Å². The zero-order valence-corrected chi connectivity index (χ0v) is 10.5. The van der Waals surface area contributed by atoms with E-state index >= 15 is 0 Å². The Labute approximate surface area is 105 Å². The SMILES string of the molecule is Cn1cc(C(N)C2Cc3ccccc3S2)cn1. The molecule has 3 nitrogen and oxygen atoms in total. The molecule has 2 N–H and O–H groups in total. The first-order chi connectivity index (χ1) is 8.24. The monoisotopic (exact) mass is 245 g/mol. The van der Waals surface area contributed by atoms with Gasteiger partial charge in [-0.3, -0.25) is 4.68 Å². The summed E-state index contributed by atoms with van der Waals surface area (Å²) in [4.78, 5) is 1.37. The average molecular weight is 245 g/mol. The number of thioether (sulfide) groups is 1. The van der Waals surface area contributed by atoms with Gasteiger partial charge in [-0.1, -0.05) is 18.2 Å². The van der Waals surface area contributed by atoms with E-state index in [1.807, 2.05) is 35.9 Å². The van der Waals surface area contributed by atoms with E-state index in [0.717, 1.165) is 12.0 Å². The number of benzene rings is 1. The highest BCUT2D eigenvalue weighted by molar-refractivity contribution is 8.00. The Morgan fingerprint density at radius 1 is 1.47 bits per heavy atom. The molecule has 1 aliphatic rings. The summed E-state index contributed by atoms with van der Waals surface area (Å²) in [5, 5.41) is 4.61.